The SMILES string of the molecule is O=C(OC1CCOP(=O)(OP(=O)(O)OC[C@H]2O[C@@H](n3ccc(=O)n(Cc4noc5ccccc45)c3=O)[C@@H](O)C2O)O1)c1ccccc1. The number of hydrogen-bond donors (Lipinski definition) is 3. The summed E-state index contributed by atoms with van der Waals surface area (Å²) in [5.74, 6) is -0.811. The summed E-state index contributed by atoms with van der Waals surface area (Å²) in [5.41, 5.74) is -0.708. The van der Waals surface area contributed by atoms with Gasteiger partial charge in [-0.3, -0.25) is 23.0 Å². The number of aliphatic hydroxyl groups excluding tert-OH is 2. The first kappa shape index (κ1) is 33.1. The van der Waals surface area contributed by atoms with Crippen molar-refractivity contribution in [1.82, 2.24) is 14.3 Å². The van der Waals surface area contributed by atoms with Crippen LogP contribution in [0.1, 0.15) is 28.7 Å². The number of rotatable bonds is 10. The molecule has 0 bridgehead atoms. The zero-order valence-electron chi connectivity index (χ0n) is 24.0. The Morgan fingerprint density at radius 3 is 2.60 bits per heavy atom. The molecule has 18 nitrogen and oxygen atoms in total. The average Bonchev–Trinajstić information content (AvgIpc) is 3.58. The van der Waals surface area contributed by atoms with Gasteiger partial charge in [-0.1, -0.05) is 35.5 Å². The highest BCUT2D eigenvalue weighted by Crippen LogP contribution is 2.65. The van der Waals surface area contributed by atoms with Crippen LogP contribution < -0.4 is 11.2 Å². The Kier molecular flexibility index (Phi) is 9.42. The molecule has 2 saturated heterocycles. The fourth-order valence-corrected chi connectivity index (χ4v) is 7.56. The number of nitrogens with zero attached hydrogens (tertiary/aromatic N) is 3. The van der Waals surface area contributed by atoms with E-state index in [0.717, 1.165) is 21.4 Å². The van der Waals surface area contributed by atoms with Crippen molar-refractivity contribution in [1.29, 1.82) is 0 Å². The lowest BCUT2D eigenvalue weighted by Gasteiger charge is -2.29. The zero-order valence-corrected chi connectivity index (χ0v) is 25.8. The minimum absolute atomic E-state index is 0.0637. The highest BCUT2D eigenvalue weighted by molar-refractivity contribution is 7.61. The molecule has 4 heterocycles. The van der Waals surface area contributed by atoms with Gasteiger partial charge in [0, 0.05) is 24.1 Å². The molecule has 7 atom stereocenters. The van der Waals surface area contributed by atoms with E-state index in [9.17, 15) is 38.6 Å². The van der Waals surface area contributed by atoms with Crippen LogP contribution in [0.2, 0.25) is 0 Å². The van der Waals surface area contributed by atoms with Crippen molar-refractivity contribution in [2.45, 2.75) is 43.8 Å². The number of aromatic nitrogens is 3. The summed E-state index contributed by atoms with van der Waals surface area (Å²) in [7, 11) is -10.1. The van der Waals surface area contributed by atoms with Crippen LogP contribution in [0.3, 0.4) is 0 Å². The van der Waals surface area contributed by atoms with Gasteiger partial charge in [0.25, 0.3) is 5.56 Å². The quantitative estimate of drug-likeness (QED) is 0.158. The summed E-state index contributed by atoms with van der Waals surface area (Å²) in [6.45, 7) is -1.52. The number of aliphatic hydroxyl groups is 2. The topological polar surface area (TPSA) is 237 Å². The van der Waals surface area contributed by atoms with Crippen LogP contribution in [0.5, 0.6) is 0 Å². The van der Waals surface area contributed by atoms with Crippen molar-refractivity contribution < 1.29 is 60.9 Å². The highest BCUT2D eigenvalue weighted by Gasteiger charge is 2.48. The first-order chi connectivity index (χ1) is 22.4. The normalized spacial score (nSPS) is 27.4. The number of phosphoric ester groups is 2. The van der Waals surface area contributed by atoms with Gasteiger partial charge in [-0.05, 0) is 24.3 Å². The largest absolute Gasteiger partial charge is 0.486 e. The minimum atomic E-state index is -5.27. The van der Waals surface area contributed by atoms with Crippen molar-refractivity contribution in [3.63, 3.8) is 0 Å². The van der Waals surface area contributed by atoms with E-state index in [4.69, 9.17) is 27.6 Å². The summed E-state index contributed by atoms with van der Waals surface area (Å²) in [4.78, 5) is 48.5. The number of carbonyl (C=O) groups is 1. The van der Waals surface area contributed by atoms with E-state index in [1.165, 1.54) is 12.1 Å². The number of ether oxygens (including phenoxy) is 2. The molecular formula is C27H27N3O15P2. The van der Waals surface area contributed by atoms with E-state index < -0.39 is 70.3 Å². The van der Waals surface area contributed by atoms with Crippen molar-refractivity contribution in [3.05, 3.63) is 99.0 Å². The van der Waals surface area contributed by atoms with Crippen molar-refractivity contribution in [2.75, 3.05) is 13.2 Å². The molecule has 0 spiro atoms. The molecule has 0 amide bonds. The van der Waals surface area contributed by atoms with Gasteiger partial charge in [0.05, 0.1) is 25.3 Å². The van der Waals surface area contributed by atoms with Crippen LogP contribution in [0, 0.1) is 0 Å². The molecule has 0 saturated carbocycles. The molecule has 2 aliphatic heterocycles. The summed E-state index contributed by atoms with van der Waals surface area (Å²) >= 11 is 0. The molecule has 250 valence electrons. The Balaban J connectivity index is 1.10. The first-order valence-corrected chi connectivity index (χ1v) is 16.9. The van der Waals surface area contributed by atoms with Gasteiger partial charge in [0.2, 0.25) is 6.29 Å². The van der Waals surface area contributed by atoms with Crippen LogP contribution in [0.15, 0.2) is 81.0 Å². The van der Waals surface area contributed by atoms with Gasteiger partial charge < -0.3 is 29.1 Å². The second-order valence-corrected chi connectivity index (χ2v) is 13.5. The average molecular weight is 695 g/mol. The minimum Gasteiger partial charge on any atom is -0.431 e. The third-order valence-electron chi connectivity index (χ3n) is 7.17. The molecule has 4 aromatic rings. The number of phosphoric acid groups is 2. The fraction of sp³-hybridized carbons (Fsp3) is 0.333. The molecule has 2 aliphatic rings. The lowest BCUT2D eigenvalue weighted by molar-refractivity contribution is -0.0931. The van der Waals surface area contributed by atoms with Crippen LogP contribution >= 0.6 is 15.6 Å². The second kappa shape index (κ2) is 13.4. The van der Waals surface area contributed by atoms with E-state index in [-0.39, 0.29) is 25.1 Å². The van der Waals surface area contributed by atoms with Crippen LogP contribution in [0.25, 0.3) is 11.0 Å². The first-order valence-electron chi connectivity index (χ1n) is 14.0. The maximum absolute atomic E-state index is 13.3. The third kappa shape index (κ3) is 7.22. The molecule has 2 aromatic heterocycles. The Hall–Kier alpha value is -3.80. The molecule has 2 aromatic carbocycles. The van der Waals surface area contributed by atoms with Crippen LogP contribution in [-0.4, -0.2) is 73.2 Å². The van der Waals surface area contributed by atoms with Gasteiger partial charge in [-0.2, -0.15) is 4.31 Å². The molecule has 4 unspecified atom stereocenters. The van der Waals surface area contributed by atoms with Gasteiger partial charge in [-0.15, -0.1) is 0 Å². The molecule has 0 radical (unpaired) electrons. The molecule has 0 aliphatic carbocycles. The van der Waals surface area contributed by atoms with Gasteiger partial charge in [0.15, 0.2) is 11.8 Å². The number of benzene rings is 2. The van der Waals surface area contributed by atoms with E-state index in [1.54, 1.807) is 42.5 Å². The highest BCUT2D eigenvalue weighted by atomic mass is 31.3. The molecule has 3 N–H and O–H groups in total. The zero-order chi connectivity index (χ0) is 33.3. The summed E-state index contributed by atoms with van der Waals surface area (Å²) in [6.07, 6.45) is -7.05. The van der Waals surface area contributed by atoms with E-state index in [2.05, 4.69) is 9.47 Å². The Morgan fingerprint density at radius 1 is 1.06 bits per heavy atom. The van der Waals surface area contributed by atoms with E-state index in [0.29, 0.717) is 16.7 Å². The maximum Gasteiger partial charge on any atom is 0.486 e. The standard InChI is InChI=1S/C27H27N3O15P2/c31-21-10-12-29(27(35)30(21)14-18-17-8-4-5-9-19(17)43-28-18)25-24(33)23(32)20(41-25)15-40-46(36,37)45-47(38)39-13-11-22(44-47)42-26(34)16-6-2-1-3-7-16/h1-10,12,20,22-25,32-33H,11,13-15H2,(H,36,37)/t20-,22?,23?,24+,25-,47?/m1/s1. The smallest absolute Gasteiger partial charge is 0.431 e. The van der Waals surface area contributed by atoms with Gasteiger partial charge in [-0.25, -0.2) is 23.2 Å². The molecule has 47 heavy (non-hydrogen) atoms. The monoisotopic (exact) mass is 695 g/mol. The van der Waals surface area contributed by atoms with Crippen LogP contribution in [-0.2, 0) is 43.0 Å². The number of hydrogen-bond acceptors (Lipinski definition) is 15. The van der Waals surface area contributed by atoms with Gasteiger partial charge in [0.1, 0.15) is 24.0 Å². The summed E-state index contributed by atoms with van der Waals surface area (Å²) < 4.78 is 62.7. The van der Waals surface area contributed by atoms with E-state index in [1.807, 2.05) is 0 Å². The third-order valence-corrected chi connectivity index (χ3v) is 10.3. The van der Waals surface area contributed by atoms with Crippen molar-refractivity contribution in [3.8, 4) is 0 Å². The van der Waals surface area contributed by atoms with Crippen molar-refractivity contribution in [2.24, 2.45) is 0 Å². The number of para-hydroxylation sites is 1. The maximum atomic E-state index is 13.3. The van der Waals surface area contributed by atoms with E-state index >= 15 is 0 Å². The molecule has 6 rings (SSSR count). The fourth-order valence-electron chi connectivity index (χ4n) is 4.86. The Labute approximate surface area is 263 Å². The second-order valence-electron chi connectivity index (χ2n) is 10.3. The van der Waals surface area contributed by atoms with Crippen molar-refractivity contribution >= 4 is 32.6 Å². The number of fused-ring (bicyclic) bond motifs is 1. The summed E-state index contributed by atoms with van der Waals surface area (Å²) in [6, 6.07) is 15.7. The van der Waals surface area contributed by atoms with Crippen LogP contribution in [0.4, 0.5) is 0 Å². The molecular weight excluding hydrogens is 668 g/mol. The predicted molar refractivity (Wildman–Crippen MR) is 156 cm³/mol. The van der Waals surface area contributed by atoms with Gasteiger partial charge >= 0.3 is 27.3 Å². The number of carbonyl (C=O) groups excluding carboxylic acids is 1. The Morgan fingerprint density at radius 2 is 1.81 bits per heavy atom. The summed E-state index contributed by atoms with van der Waals surface area (Å²) in [5, 5.41) is 25.8. The lowest BCUT2D eigenvalue weighted by Crippen LogP contribution is -2.43. The predicted octanol–water partition coefficient (Wildman–Crippen LogP) is 1.68. The molecule has 2 fully saturated rings. The lowest BCUT2D eigenvalue weighted by atomic mass is 10.1. The molecule has 20 heteroatoms. The Bertz CT molecular complexity index is 1980. The number of esters is 1.